The second kappa shape index (κ2) is 8.58. The lowest BCUT2D eigenvalue weighted by Crippen LogP contribution is -2.19. The zero-order chi connectivity index (χ0) is 23.7. The molecule has 2 aromatic carbocycles. The van der Waals surface area contributed by atoms with Gasteiger partial charge in [0.05, 0.1) is 27.7 Å². The van der Waals surface area contributed by atoms with Gasteiger partial charge in [-0.2, -0.15) is 0 Å². The largest absolute Gasteiger partial charge is 0.371 e. The van der Waals surface area contributed by atoms with Crippen LogP contribution in [0.2, 0.25) is 0 Å². The molecule has 0 saturated heterocycles. The van der Waals surface area contributed by atoms with E-state index in [2.05, 4.69) is 15.6 Å². The first kappa shape index (κ1) is 21.8. The number of hydrogen-bond acceptors (Lipinski definition) is 6. The Kier molecular flexibility index (Phi) is 5.65. The molecule has 0 saturated carbocycles. The van der Waals surface area contributed by atoms with Gasteiger partial charge in [-0.25, -0.2) is 4.79 Å². The fourth-order valence-corrected chi connectivity index (χ4v) is 3.67. The zero-order valence-electron chi connectivity index (χ0n) is 18.3. The molecule has 0 radical (unpaired) electrons. The van der Waals surface area contributed by atoms with E-state index in [-0.39, 0.29) is 28.7 Å². The first-order valence-corrected chi connectivity index (χ1v) is 10.2. The van der Waals surface area contributed by atoms with E-state index >= 15 is 0 Å². The number of nitro benzene ring substituents is 1. The van der Waals surface area contributed by atoms with Crippen LogP contribution in [0, 0.1) is 10.1 Å². The molecule has 1 atom stereocenters. The van der Waals surface area contributed by atoms with Crippen molar-refractivity contribution < 1.29 is 9.72 Å². The molecule has 2 aromatic heterocycles. The molecular weight excluding hydrogens is 424 g/mol. The SMILES string of the molecule is CC(Nc1ccc(C(=O)Nc2ccc3c(c2)n(C)c(=O)n3C)cc1[N+](=O)[O-])c1ccccn1. The van der Waals surface area contributed by atoms with Gasteiger partial charge < -0.3 is 10.6 Å². The highest BCUT2D eigenvalue weighted by Crippen LogP contribution is 2.29. The van der Waals surface area contributed by atoms with Crippen LogP contribution in [-0.2, 0) is 14.1 Å². The van der Waals surface area contributed by atoms with Crippen LogP contribution in [0.3, 0.4) is 0 Å². The second-order valence-electron chi connectivity index (χ2n) is 7.67. The summed E-state index contributed by atoms with van der Waals surface area (Å²) >= 11 is 0. The Morgan fingerprint density at radius 2 is 1.82 bits per heavy atom. The molecule has 2 heterocycles. The average molecular weight is 446 g/mol. The minimum atomic E-state index is -0.532. The first-order chi connectivity index (χ1) is 15.8. The Labute approximate surface area is 188 Å². The number of imidazole rings is 1. The Bertz CT molecular complexity index is 1420. The Hall–Kier alpha value is -4.47. The van der Waals surface area contributed by atoms with Gasteiger partial charge in [0.2, 0.25) is 0 Å². The van der Waals surface area contributed by atoms with E-state index < -0.39 is 10.8 Å². The van der Waals surface area contributed by atoms with E-state index in [0.717, 1.165) is 11.2 Å². The van der Waals surface area contributed by atoms with E-state index in [0.29, 0.717) is 11.2 Å². The third-order valence-corrected chi connectivity index (χ3v) is 5.49. The number of pyridine rings is 1. The summed E-state index contributed by atoms with van der Waals surface area (Å²) < 4.78 is 3.00. The topological polar surface area (TPSA) is 124 Å². The number of carbonyl (C=O) groups is 1. The number of rotatable bonds is 6. The number of aryl methyl sites for hydroxylation is 2. The summed E-state index contributed by atoms with van der Waals surface area (Å²) in [4.78, 5) is 40.3. The number of carbonyl (C=O) groups excluding carboxylic acids is 1. The van der Waals surface area contributed by atoms with Gasteiger partial charge in [0, 0.05) is 37.6 Å². The molecule has 2 N–H and O–H groups in total. The van der Waals surface area contributed by atoms with Crippen LogP contribution in [0.4, 0.5) is 17.1 Å². The molecule has 10 heteroatoms. The Morgan fingerprint density at radius 3 is 2.52 bits per heavy atom. The Balaban J connectivity index is 1.59. The van der Waals surface area contributed by atoms with Crippen molar-refractivity contribution in [1.29, 1.82) is 0 Å². The third-order valence-electron chi connectivity index (χ3n) is 5.49. The normalized spacial score (nSPS) is 11.8. The van der Waals surface area contributed by atoms with E-state index in [4.69, 9.17) is 0 Å². The summed E-state index contributed by atoms with van der Waals surface area (Å²) in [5, 5.41) is 17.5. The summed E-state index contributed by atoms with van der Waals surface area (Å²) in [5.41, 5.74) is 2.64. The van der Waals surface area contributed by atoms with Crippen molar-refractivity contribution in [3.8, 4) is 0 Å². The molecule has 0 aliphatic carbocycles. The summed E-state index contributed by atoms with van der Waals surface area (Å²) in [6, 6.07) is 14.6. The second-order valence-corrected chi connectivity index (χ2v) is 7.67. The van der Waals surface area contributed by atoms with Crippen molar-refractivity contribution in [3.63, 3.8) is 0 Å². The van der Waals surface area contributed by atoms with Gasteiger partial charge in [-0.05, 0) is 49.4 Å². The zero-order valence-corrected chi connectivity index (χ0v) is 18.3. The highest BCUT2D eigenvalue weighted by molar-refractivity contribution is 6.05. The van der Waals surface area contributed by atoms with E-state index in [9.17, 15) is 19.7 Å². The number of nitrogens with one attached hydrogen (secondary N) is 2. The molecule has 0 aliphatic rings. The fourth-order valence-electron chi connectivity index (χ4n) is 3.67. The van der Waals surface area contributed by atoms with Gasteiger partial charge in [0.15, 0.2) is 0 Å². The van der Waals surface area contributed by atoms with Crippen LogP contribution in [0.1, 0.15) is 29.0 Å². The summed E-state index contributed by atoms with van der Waals surface area (Å²) in [6.07, 6.45) is 1.65. The maximum Gasteiger partial charge on any atom is 0.328 e. The highest BCUT2D eigenvalue weighted by atomic mass is 16.6. The number of aromatic nitrogens is 3. The van der Waals surface area contributed by atoms with Crippen molar-refractivity contribution in [3.05, 3.63) is 92.7 Å². The molecule has 1 amide bonds. The molecule has 0 bridgehead atoms. The number of fused-ring (bicyclic) bond motifs is 1. The first-order valence-electron chi connectivity index (χ1n) is 10.2. The van der Waals surface area contributed by atoms with Gasteiger partial charge >= 0.3 is 5.69 Å². The van der Waals surface area contributed by atoms with E-state index in [1.807, 2.05) is 19.1 Å². The minimum absolute atomic E-state index is 0.139. The van der Waals surface area contributed by atoms with Gasteiger partial charge in [-0.1, -0.05) is 6.07 Å². The van der Waals surface area contributed by atoms with E-state index in [1.165, 1.54) is 27.3 Å². The molecule has 168 valence electrons. The highest BCUT2D eigenvalue weighted by Gasteiger charge is 2.20. The smallest absolute Gasteiger partial charge is 0.328 e. The molecule has 4 aromatic rings. The summed E-state index contributed by atoms with van der Waals surface area (Å²) in [6.45, 7) is 1.85. The molecular formula is C23H22N6O4. The number of nitro groups is 1. The van der Waals surface area contributed by atoms with Gasteiger partial charge in [0.1, 0.15) is 5.69 Å². The predicted molar refractivity (Wildman–Crippen MR) is 125 cm³/mol. The number of amides is 1. The Morgan fingerprint density at radius 1 is 1.06 bits per heavy atom. The van der Waals surface area contributed by atoms with Crippen LogP contribution in [0.15, 0.2) is 65.6 Å². The lowest BCUT2D eigenvalue weighted by Gasteiger charge is -2.15. The minimum Gasteiger partial charge on any atom is -0.371 e. The van der Waals surface area contributed by atoms with Crippen molar-refractivity contribution in [2.45, 2.75) is 13.0 Å². The predicted octanol–water partition coefficient (Wildman–Crippen LogP) is 3.61. The molecule has 0 spiro atoms. The van der Waals surface area contributed by atoms with Crippen molar-refractivity contribution in [2.75, 3.05) is 10.6 Å². The summed E-state index contributed by atoms with van der Waals surface area (Å²) in [7, 11) is 3.32. The molecule has 33 heavy (non-hydrogen) atoms. The molecule has 1 unspecified atom stereocenters. The molecule has 4 rings (SSSR count). The number of anilines is 2. The number of hydrogen-bond donors (Lipinski definition) is 2. The van der Waals surface area contributed by atoms with Crippen molar-refractivity contribution in [1.82, 2.24) is 14.1 Å². The van der Waals surface area contributed by atoms with Gasteiger partial charge in [-0.3, -0.25) is 29.0 Å². The number of benzene rings is 2. The summed E-state index contributed by atoms with van der Waals surface area (Å²) in [5.74, 6) is -0.497. The van der Waals surface area contributed by atoms with Gasteiger partial charge in [0.25, 0.3) is 11.6 Å². The van der Waals surface area contributed by atoms with Crippen LogP contribution in [-0.4, -0.2) is 24.9 Å². The lowest BCUT2D eigenvalue weighted by molar-refractivity contribution is -0.384. The standard InChI is InChI=1S/C23H22N6O4/c1-14(17-6-4-5-11-24-17)25-18-9-7-15(12-20(18)29(32)33)22(30)26-16-8-10-19-21(13-16)28(3)23(31)27(19)2/h4-14,25H,1-3H3,(H,26,30). The molecule has 0 aliphatic heterocycles. The van der Waals surface area contributed by atoms with Crippen LogP contribution in [0.5, 0.6) is 0 Å². The third kappa shape index (κ3) is 4.18. The average Bonchev–Trinajstić information content (AvgIpc) is 3.03. The number of nitrogens with zero attached hydrogens (tertiary/aromatic N) is 4. The quantitative estimate of drug-likeness (QED) is 0.344. The van der Waals surface area contributed by atoms with Crippen molar-refractivity contribution >= 4 is 34.0 Å². The van der Waals surface area contributed by atoms with Gasteiger partial charge in [-0.15, -0.1) is 0 Å². The maximum atomic E-state index is 12.8. The van der Waals surface area contributed by atoms with Crippen LogP contribution < -0.4 is 16.3 Å². The monoisotopic (exact) mass is 446 g/mol. The van der Waals surface area contributed by atoms with Crippen molar-refractivity contribution in [2.24, 2.45) is 14.1 Å². The fraction of sp³-hybridized carbons (Fsp3) is 0.174. The lowest BCUT2D eigenvalue weighted by atomic mass is 10.1. The van der Waals surface area contributed by atoms with Crippen LogP contribution in [0.25, 0.3) is 11.0 Å². The molecule has 10 nitrogen and oxygen atoms in total. The van der Waals surface area contributed by atoms with Crippen LogP contribution >= 0.6 is 0 Å². The molecule has 0 fully saturated rings. The maximum absolute atomic E-state index is 12.8. The van der Waals surface area contributed by atoms with E-state index in [1.54, 1.807) is 44.6 Å².